The van der Waals surface area contributed by atoms with Gasteiger partial charge in [-0.3, -0.25) is 0 Å². The second-order valence-corrected chi connectivity index (χ2v) is 14.2. The molecular formula is C38H43BrN2O2. The van der Waals surface area contributed by atoms with Crippen molar-refractivity contribution in [1.82, 2.24) is 0 Å². The van der Waals surface area contributed by atoms with Gasteiger partial charge in [0.15, 0.2) is 5.60 Å². The number of rotatable bonds is 0. The lowest BCUT2D eigenvalue weighted by atomic mass is 9.60. The summed E-state index contributed by atoms with van der Waals surface area (Å²) in [7, 11) is 4.36. The molecule has 1 aliphatic carbocycles. The van der Waals surface area contributed by atoms with Crippen LogP contribution in [0.15, 0.2) is 60.7 Å². The molecule has 0 N–H and O–H groups in total. The molecule has 4 aliphatic rings. The van der Waals surface area contributed by atoms with Gasteiger partial charge in [-0.05, 0) is 100.0 Å². The van der Waals surface area contributed by atoms with Gasteiger partial charge in [-0.1, -0.05) is 60.1 Å². The lowest BCUT2D eigenvalue weighted by molar-refractivity contribution is 0.0231. The second-order valence-electron chi connectivity index (χ2n) is 14.2. The molecule has 5 heteroatoms. The third-order valence-corrected chi connectivity index (χ3v) is 10.6. The molecule has 3 aromatic rings. The van der Waals surface area contributed by atoms with Gasteiger partial charge in [-0.2, -0.15) is 0 Å². The van der Waals surface area contributed by atoms with Gasteiger partial charge in [-0.25, -0.2) is 4.79 Å². The van der Waals surface area contributed by atoms with Gasteiger partial charge in [0, 0.05) is 58.7 Å². The smallest absolute Gasteiger partial charge is 0.340 e. The van der Waals surface area contributed by atoms with Gasteiger partial charge < -0.3 is 14.5 Å². The Labute approximate surface area is 265 Å². The molecule has 0 aromatic heterocycles. The third kappa shape index (κ3) is 3.82. The van der Waals surface area contributed by atoms with E-state index in [-0.39, 0.29) is 22.5 Å². The summed E-state index contributed by atoms with van der Waals surface area (Å²) >= 11 is 2.94. The van der Waals surface area contributed by atoms with Crippen molar-refractivity contribution >= 4 is 44.4 Å². The lowest BCUT2D eigenvalue weighted by Crippen LogP contribution is -2.45. The van der Waals surface area contributed by atoms with Crippen molar-refractivity contribution in [3.8, 4) is 0 Å². The Bertz CT molecular complexity index is 1680. The van der Waals surface area contributed by atoms with Crippen LogP contribution in [-0.2, 0) is 15.8 Å². The average molecular weight is 640 g/mol. The molecule has 0 amide bonds. The topological polar surface area (TPSA) is 32.8 Å². The summed E-state index contributed by atoms with van der Waals surface area (Å²) in [5.41, 5.74) is 11.9. The predicted molar refractivity (Wildman–Crippen MR) is 184 cm³/mol. The van der Waals surface area contributed by atoms with E-state index in [0.717, 1.165) is 16.7 Å². The highest BCUT2D eigenvalue weighted by molar-refractivity contribution is 9.08. The van der Waals surface area contributed by atoms with E-state index in [0.29, 0.717) is 5.56 Å². The quantitative estimate of drug-likeness (QED) is 0.182. The number of halogens is 1. The van der Waals surface area contributed by atoms with Crippen molar-refractivity contribution in [2.75, 3.05) is 29.7 Å². The number of esters is 1. The van der Waals surface area contributed by atoms with Crippen molar-refractivity contribution in [3.63, 3.8) is 0 Å². The number of nitrogens with zero attached hydrogens (tertiary/aromatic N) is 2. The summed E-state index contributed by atoms with van der Waals surface area (Å²) in [6.07, 6.45) is 4.68. The number of benzene rings is 3. The standard InChI is InChI=1S/C37H40N2O2.CH3Br/c1-21-19-34(3,4)38(9)31-17-27-29(15-24(21)31)37(26-14-12-11-13-23(26)33(40)41-37)30-16-25-22(2)20-35(5,6)39(10)32(25)18-28(30)36(27,7)8;1-2/h11-20H,1-10H3;1H3. The molecule has 0 atom stereocenters. The summed E-state index contributed by atoms with van der Waals surface area (Å²) in [6, 6.07) is 17.3. The van der Waals surface area contributed by atoms with Crippen LogP contribution in [0.1, 0.15) is 105 Å². The summed E-state index contributed by atoms with van der Waals surface area (Å²) < 4.78 is 6.69. The average Bonchev–Trinajstić information content (AvgIpc) is 3.26. The van der Waals surface area contributed by atoms with E-state index in [2.05, 4.69) is 138 Å². The van der Waals surface area contributed by atoms with Gasteiger partial charge in [-0.15, -0.1) is 0 Å². The molecule has 3 aromatic carbocycles. The Morgan fingerprint density at radius 3 is 1.53 bits per heavy atom. The minimum atomic E-state index is -1.02. The van der Waals surface area contributed by atoms with Crippen LogP contribution >= 0.6 is 15.9 Å². The molecule has 0 saturated carbocycles. The third-order valence-electron chi connectivity index (χ3n) is 10.6. The van der Waals surface area contributed by atoms with E-state index in [1.165, 1.54) is 44.8 Å². The zero-order valence-corrected chi connectivity index (χ0v) is 28.9. The number of alkyl halides is 1. The molecule has 3 heterocycles. The van der Waals surface area contributed by atoms with Crippen LogP contribution in [0.4, 0.5) is 11.4 Å². The minimum Gasteiger partial charge on any atom is -0.441 e. The van der Waals surface area contributed by atoms with Crippen LogP contribution in [0, 0.1) is 0 Å². The zero-order valence-electron chi connectivity index (χ0n) is 27.4. The predicted octanol–water partition coefficient (Wildman–Crippen LogP) is 9.06. The Hall–Kier alpha value is -3.31. The van der Waals surface area contributed by atoms with Crippen LogP contribution in [0.5, 0.6) is 0 Å². The lowest BCUT2D eigenvalue weighted by Gasteiger charge is -2.49. The van der Waals surface area contributed by atoms with Crippen LogP contribution in [0.3, 0.4) is 0 Å². The first-order valence-electron chi connectivity index (χ1n) is 15.1. The number of hydrogen-bond donors (Lipinski definition) is 0. The SMILES string of the molecule is CBr.CC1=CC(C)(C)N(C)c2cc3c(cc21)C1(OC(=O)c2ccccc21)c1cc2c(cc1C3(C)C)N(C)C(C)(C)C=C2C. The first-order chi connectivity index (χ1) is 20.1. The molecule has 224 valence electrons. The van der Waals surface area contributed by atoms with Crippen LogP contribution in [0.2, 0.25) is 0 Å². The maximum Gasteiger partial charge on any atom is 0.340 e. The maximum atomic E-state index is 13.6. The van der Waals surface area contributed by atoms with Gasteiger partial charge in [0.2, 0.25) is 0 Å². The Kier molecular flexibility index (Phi) is 6.46. The normalized spacial score (nSPS) is 20.8. The van der Waals surface area contributed by atoms with Gasteiger partial charge in [0.1, 0.15) is 0 Å². The molecule has 0 bridgehead atoms. The molecule has 0 unspecified atom stereocenters. The van der Waals surface area contributed by atoms with Crippen molar-refractivity contribution in [2.45, 2.75) is 77.5 Å². The largest absolute Gasteiger partial charge is 0.441 e. The van der Waals surface area contributed by atoms with E-state index in [4.69, 9.17) is 4.74 Å². The number of carbonyl (C=O) groups excluding carboxylic acids is 1. The Morgan fingerprint density at radius 2 is 1.07 bits per heavy atom. The summed E-state index contributed by atoms with van der Waals surface area (Å²) in [6.45, 7) is 18.1. The number of ether oxygens (including phenoxy) is 1. The Balaban J connectivity index is 0.00000161. The monoisotopic (exact) mass is 638 g/mol. The maximum absolute atomic E-state index is 13.6. The van der Waals surface area contributed by atoms with Crippen LogP contribution < -0.4 is 9.80 Å². The Morgan fingerprint density at radius 1 is 0.628 bits per heavy atom. The van der Waals surface area contributed by atoms with Crippen molar-refractivity contribution in [1.29, 1.82) is 0 Å². The van der Waals surface area contributed by atoms with E-state index in [1.807, 2.05) is 24.0 Å². The van der Waals surface area contributed by atoms with E-state index in [1.54, 1.807) is 0 Å². The molecule has 0 radical (unpaired) electrons. The summed E-state index contributed by atoms with van der Waals surface area (Å²) in [4.78, 5) is 18.4. The van der Waals surface area contributed by atoms with Crippen LogP contribution in [-0.4, -0.2) is 37.0 Å². The van der Waals surface area contributed by atoms with E-state index in [9.17, 15) is 4.79 Å². The van der Waals surface area contributed by atoms with Gasteiger partial charge in [0.25, 0.3) is 0 Å². The molecule has 1 spiro atoms. The van der Waals surface area contributed by atoms with Gasteiger partial charge in [0.05, 0.1) is 16.6 Å². The summed E-state index contributed by atoms with van der Waals surface area (Å²) in [5.74, 6) is 1.55. The molecule has 3 aliphatic heterocycles. The van der Waals surface area contributed by atoms with Gasteiger partial charge >= 0.3 is 5.97 Å². The zero-order chi connectivity index (χ0) is 31.4. The fourth-order valence-corrected chi connectivity index (χ4v) is 7.92. The molecule has 4 nitrogen and oxygen atoms in total. The number of hydrogen-bond acceptors (Lipinski definition) is 4. The van der Waals surface area contributed by atoms with Crippen LogP contribution in [0.25, 0.3) is 11.1 Å². The van der Waals surface area contributed by atoms with Crippen molar-refractivity contribution < 1.29 is 9.53 Å². The van der Waals surface area contributed by atoms with E-state index >= 15 is 0 Å². The number of carbonyl (C=O) groups is 1. The number of fused-ring (bicyclic) bond motifs is 8. The highest BCUT2D eigenvalue weighted by Gasteiger charge is 2.56. The fourth-order valence-electron chi connectivity index (χ4n) is 7.92. The van der Waals surface area contributed by atoms with E-state index < -0.39 is 5.60 Å². The molecular weight excluding hydrogens is 596 g/mol. The highest BCUT2D eigenvalue weighted by Crippen LogP contribution is 2.60. The highest BCUT2D eigenvalue weighted by atomic mass is 79.9. The molecule has 43 heavy (non-hydrogen) atoms. The molecule has 0 saturated heterocycles. The summed E-state index contributed by atoms with van der Waals surface area (Å²) in [5, 5.41) is 0. The number of anilines is 2. The molecule has 7 rings (SSSR count). The fraction of sp³-hybridized carbons (Fsp3) is 0.395. The first-order valence-corrected chi connectivity index (χ1v) is 16.7. The number of likely N-dealkylation sites (N-methyl/N-ethyl adjacent to an activating group) is 2. The molecule has 0 fully saturated rings. The first kappa shape index (κ1) is 29.7. The van der Waals surface area contributed by atoms with Crippen molar-refractivity contribution in [2.24, 2.45) is 0 Å². The number of allylic oxidation sites excluding steroid dienone is 2. The van der Waals surface area contributed by atoms with Crippen molar-refractivity contribution in [3.05, 3.63) is 105 Å². The minimum absolute atomic E-state index is 0.108. The second kappa shape index (κ2) is 9.34.